The molecule has 0 bridgehead atoms. The number of fused-ring (bicyclic) bond motifs is 1. The Labute approximate surface area is 177 Å². The summed E-state index contributed by atoms with van der Waals surface area (Å²) < 4.78 is 11.6. The molecule has 1 unspecified atom stereocenters. The normalized spacial score (nSPS) is 20.7. The Bertz CT molecular complexity index is 959. The lowest BCUT2D eigenvalue weighted by atomic mass is 10.2. The van der Waals surface area contributed by atoms with Crippen LogP contribution in [0.1, 0.15) is 26.2 Å². The van der Waals surface area contributed by atoms with Crippen LogP contribution in [0.2, 0.25) is 5.28 Å². The summed E-state index contributed by atoms with van der Waals surface area (Å²) in [6.07, 6.45) is 3.55. The molecule has 1 fully saturated rings. The highest BCUT2D eigenvalue weighted by molar-refractivity contribution is 8.41. The zero-order valence-electron chi connectivity index (χ0n) is 16.6. The highest BCUT2D eigenvalue weighted by atomic mass is 35.5. The summed E-state index contributed by atoms with van der Waals surface area (Å²) in [4.78, 5) is 11.3. The van der Waals surface area contributed by atoms with E-state index in [4.69, 9.17) is 26.8 Å². The number of amidine groups is 1. The van der Waals surface area contributed by atoms with Gasteiger partial charge >= 0.3 is 0 Å². The lowest BCUT2D eigenvalue weighted by molar-refractivity contribution is 0.254. The van der Waals surface area contributed by atoms with Crippen LogP contribution in [-0.2, 0) is 0 Å². The van der Waals surface area contributed by atoms with Crippen LogP contribution in [0.4, 0.5) is 0 Å². The molecule has 1 saturated heterocycles. The van der Waals surface area contributed by atoms with Crippen molar-refractivity contribution in [3.05, 3.63) is 17.4 Å². The summed E-state index contributed by atoms with van der Waals surface area (Å²) >= 11 is 6.21. The van der Waals surface area contributed by atoms with Crippen molar-refractivity contribution in [1.82, 2.24) is 14.9 Å². The third-order valence-corrected chi connectivity index (χ3v) is 7.29. The van der Waals surface area contributed by atoms with Crippen molar-refractivity contribution in [2.75, 3.05) is 33.4 Å². The summed E-state index contributed by atoms with van der Waals surface area (Å²) in [6.45, 7) is 5.94. The second kappa shape index (κ2) is 8.73. The largest absolute Gasteiger partial charge is 0.493 e. The second-order valence-corrected chi connectivity index (χ2v) is 9.57. The van der Waals surface area contributed by atoms with Gasteiger partial charge in [-0.15, -0.1) is 21.1 Å². The van der Waals surface area contributed by atoms with E-state index in [0.29, 0.717) is 28.8 Å². The first-order chi connectivity index (χ1) is 14.1. The van der Waals surface area contributed by atoms with Crippen LogP contribution in [0.15, 0.2) is 27.4 Å². The molecule has 29 heavy (non-hydrogen) atoms. The van der Waals surface area contributed by atoms with Crippen LogP contribution < -0.4 is 15.2 Å². The van der Waals surface area contributed by atoms with E-state index in [1.54, 1.807) is 7.11 Å². The Morgan fingerprint density at radius 3 is 2.66 bits per heavy atom. The first-order valence-corrected chi connectivity index (χ1v) is 11.4. The number of hydrogen-bond acceptors (Lipinski definition) is 8. The van der Waals surface area contributed by atoms with E-state index in [-0.39, 0.29) is 5.28 Å². The van der Waals surface area contributed by atoms with Crippen LogP contribution in [0.25, 0.3) is 10.9 Å². The van der Waals surface area contributed by atoms with Crippen molar-refractivity contribution in [2.24, 2.45) is 15.9 Å². The number of likely N-dealkylation sites (tertiary alicyclic amines) is 1. The average Bonchev–Trinajstić information content (AvgIpc) is 3.33. The van der Waals surface area contributed by atoms with Crippen LogP contribution >= 0.6 is 22.5 Å². The number of nitrogens with zero attached hydrogens (tertiary/aromatic N) is 5. The van der Waals surface area contributed by atoms with Gasteiger partial charge in [-0.25, -0.2) is 9.97 Å². The lowest BCUT2D eigenvalue weighted by Gasteiger charge is -2.19. The second-order valence-electron chi connectivity index (χ2n) is 7.03. The van der Waals surface area contributed by atoms with E-state index in [1.807, 2.05) is 19.1 Å². The molecule has 0 radical (unpaired) electrons. The highest BCUT2D eigenvalue weighted by Gasteiger charge is 2.25. The molecular weight excluding hydrogens is 412 g/mol. The molecule has 8 nitrogen and oxygen atoms in total. The standard InChI is InChI=1S/C19H25ClN6O2S/c1-12-24-25-19(21)29(12)17-13-10-15(27-2)16(11-14(13)22-18(20)23-17)28-9-5-8-26-6-3-4-7-26/h10-11,29H,3-9H2,1-2H3,(H2,21,25). The molecule has 1 atom stereocenters. The molecule has 2 N–H and O–H groups in total. The number of nitrogens with two attached hydrogens (primary N) is 1. The van der Waals surface area contributed by atoms with Crippen molar-refractivity contribution in [3.63, 3.8) is 0 Å². The fraction of sp³-hybridized carbons (Fsp3) is 0.474. The van der Waals surface area contributed by atoms with Crippen LogP contribution in [0.3, 0.4) is 0 Å². The zero-order chi connectivity index (χ0) is 20.4. The van der Waals surface area contributed by atoms with Crippen molar-refractivity contribution in [2.45, 2.75) is 31.2 Å². The molecule has 0 saturated carbocycles. The molecule has 1 aromatic carbocycles. The van der Waals surface area contributed by atoms with E-state index in [1.165, 1.54) is 25.9 Å². The van der Waals surface area contributed by atoms with Gasteiger partial charge in [-0.1, -0.05) is 0 Å². The summed E-state index contributed by atoms with van der Waals surface area (Å²) in [5.41, 5.74) is 6.76. The molecule has 0 spiro atoms. The monoisotopic (exact) mass is 436 g/mol. The van der Waals surface area contributed by atoms with Gasteiger partial charge in [0.05, 0.1) is 24.3 Å². The number of aromatic nitrogens is 2. The molecule has 2 aliphatic rings. The third-order valence-electron chi connectivity index (χ3n) is 5.07. The zero-order valence-corrected chi connectivity index (χ0v) is 18.2. The van der Waals surface area contributed by atoms with Gasteiger partial charge in [0.2, 0.25) is 5.28 Å². The molecule has 0 amide bonds. The lowest BCUT2D eigenvalue weighted by Crippen LogP contribution is -2.21. The van der Waals surface area contributed by atoms with E-state index >= 15 is 0 Å². The van der Waals surface area contributed by atoms with Gasteiger partial charge < -0.3 is 20.1 Å². The summed E-state index contributed by atoms with van der Waals surface area (Å²) in [5, 5.41) is 11.1. The minimum atomic E-state index is -1.08. The van der Waals surface area contributed by atoms with Gasteiger partial charge in [0, 0.05) is 18.0 Å². The Morgan fingerprint density at radius 2 is 1.97 bits per heavy atom. The minimum Gasteiger partial charge on any atom is -0.493 e. The number of rotatable bonds is 7. The van der Waals surface area contributed by atoms with Crippen LogP contribution in [-0.4, -0.2) is 58.4 Å². The predicted molar refractivity (Wildman–Crippen MR) is 119 cm³/mol. The molecule has 10 heteroatoms. The number of methoxy groups -OCH3 is 1. The van der Waals surface area contributed by atoms with E-state index in [0.717, 1.165) is 28.4 Å². The van der Waals surface area contributed by atoms with Crippen molar-refractivity contribution in [1.29, 1.82) is 0 Å². The maximum atomic E-state index is 6.21. The molecule has 0 aliphatic carbocycles. The van der Waals surface area contributed by atoms with Crippen LogP contribution in [0, 0.1) is 0 Å². The van der Waals surface area contributed by atoms with Gasteiger partial charge in [0.1, 0.15) is 5.03 Å². The Kier molecular flexibility index (Phi) is 6.07. The maximum absolute atomic E-state index is 6.21. The van der Waals surface area contributed by atoms with E-state index in [2.05, 4.69) is 25.1 Å². The Hall–Kier alpha value is -2.10. The van der Waals surface area contributed by atoms with Gasteiger partial charge in [-0.2, -0.15) is 0 Å². The number of halogens is 1. The van der Waals surface area contributed by atoms with E-state index < -0.39 is 10.9 Å². The van der Waals surface area contributed by atoms with Gasteiger partial charge in [-0.05, 0) is 56.9 Å². The molecule has 4 rings (SSSR count). The predicted octanol–water partition coefficient (Wildman–Crippen LogP) is 3.18. The number of thiol groups is 1. The van der Waals surface area contributed by atoms with Crippen molar-refractivity contribution < 1.29 is 9.47 Å². The van der Waals surface area contributed by atoms with Crippen molar-refractivity contribution in [3.8, 4) is 11.5 Å². The number of benzene rings is 1. The van der Waals surface area contributed by atoms with Gasteiger partial charge in [-0.3, -0.25) is 0 Å². The average molecular weight is 437 g/mol. The highest BCUT2D eigenvalue weighted by Crippen LogP contribution is 2.45. The minimum absolute atomic E-state index is 0.160. The van der Waals surface area contributed by atoms with E-state index in [9.17, 15) is 0 Å². The summed E-state index contributed by atoms with van der Waals surface area (Å²) in [7, 11) is 0.539. The summed E-state index contributed by atoms with van der Waals surface area (Å²) in [5.74, 6) is 1.28. The van der Waals surface area contributed by atoms with Gasteiger partial charge in [0.25, 0.3) is 0 Å². The molecule has 156 valence electrons. The smallest absolute Gasteiger partial charge is 0.223 e. The fourth-order valence-corrected chi connectivity index (χ4v) is 5.63. The van der Waals surface area contributed by atoms with Gasteiger partial charge in [0.15, 0.2) is 16.7 Å². The molecular formula is C19H25ClN6O2S. The molecule has 1 aromatic heterocycles. The van der Waals surface area contributed by atoms with Crippen LogP contribution in [0.5, 0.6) is 11.5 Å². The van der Waals surface area contributed by atoms with Crippen molar-refractivity contribution >= 4 is 43.6 Å². The molecule has 3 heterocycles. The maximum Gasteiger partial charge on any atom is 0.223 e. The molecule has 2 aromatic rings. The topological polar surface area (TPSA) is 98.2 Å². The third kappa shape index (κ3) is 4.26. The fourth-order valence-electron chi connectivity index (χ4n) is 3.65. The SMILES string of the molecule is COc1cc2c([SH]3C(C)=NN=C3N)nc(Cl)nc2cc1OCCCN1CCCC1. The Morgan fingerprint density at radius 1 is 1.17 bits per heavy atom. The summed E-state index contributed by atoms with van der Waals surface area (Å²) in [6, 6.07) is 3.74. The first kappa shape index (κ1) is 20.2. The number of ether oxygens (including phenoxy) is 2. The molecule has 2 aliphatic heterocycles. The number of hydrogen-bond donors (Lipinski definition) is 2. The Balaban J connectivity index is 1.60. The first-order valence-electron chi connectivity index (χ1n) is 9.65. The quantitative estimate of drug-likeness (QED) is 0.299.